The van der Waals surface area contributed by atoms with Crippen molar-refractivity contribution in [2.75, 3.05) is 19.0 Å². The summed E-state index contributed by atoms with van der Waals surface area (Å²) in [6.45, 7) is 6.99. The zero-order chi connectivity index (χ0) is 19.9. The monoisotopic (exact) mass is 369 g/mol. The van der Waals surface area contributed by atoms with Crippen LogP contribution in [0, 0.1) is 0 Å². The van der Waals surface area contributed by atoms with Crippen LogP contribution >= 0.6 is 0 Å². The van der Waals surface area contributed by atoms with Crippen LogP contribution in [0.4, 0.5) is 5.69 Å². The molecule has 0 bridgehead atoms. The van der Waals surface area contributed by atoms with Crippen molar-refractivity contribution in [1.82, 2.24) is 0 Å². The fourth-order valence-electron chi connectivity index (χ4n) is 2.50. The van der Waals surface area contributed by atoms with Crippen molar-refractivity contribution in [3.63, 3.8) is 0 Å². The highest BCUT2D eigenvalue weighted by Crippen LogP contribution is 2.24. The van der Waals surface area contributed by atoms with Crippen molar-refractivity contribution in [2.24, 2.45) is 0 Å². The van der Waals surface area contributed by atoms with Gasteiger partial charge < -0.3 is 14.8 Å². The Hall–Kier alpha value is -2.82. The quantitative estimate of drug-likeness (QED) is 0.574. The van der Waals surface area contributed by atoms with E-state index < -0.39 is 5.97 Å². The molecule has 0 spiro atoms. The number of amides is 1. The number of nitrogens with one attached hydrogen (secondary N) is 1. The van der Waals surface area contributed by atoms with Crippen LogP contribution in [0.2, 0.25) is 0 Å². The van der Waals surface area contributed by atoms with Gasteiger partial charge in [-0.3, -0.25) is 4.79 Å². The van der Waals surface area contributed by atoms with E-state index in [2.05, 4.69) is 43.0 Å². The van der Waals surface area contributed by atoms with Crippen molar-refractivity contribution in [2.45, 2.75) is 39.0 Å². The first-order valence-electron chi connectivity index (χ1n) is 9.01. The number of benzene rings is 2. The summed E-state index contributed by atoms with van der Waals surface area (Å²) in [4.78, 5) is 23.4. The maximum atomic E-state index is 12.0. The molecule has 0 aliphatic carbocycles. The summed E-state index contributed by atoms with van der Waals surface area (Å²) in [5.74, 6) is 0.315. The number of esters is 1. The van der Waals surface area contributed by atoms with Gasteiger partial charge in [0.25, 0.3) is 0 Å². The number of carbonyl (C=O) groups is 2. The normalized spacial score (nSPS) is 11.0. The Balaban J connectivity index is 1.72. The molecular weight excluding hydrogens is 342 g/mol. The number of methoxy groups -OCH3 is 1. The minimum absolute atomic E-state index is 0.0903. The molecule has 144 valence electrons. The van der Waals surface area contributed by atoms with Gasteiger partial charge in [0.05, 0.1) is 19.3 Å². The largest absolute Gasteiger partial charge is 0.494 e. The molecule has 0 aliphatic rings. The molecule has 1 amide bonds. The van der Waals surface area contributed by atoms with Crippen LogP contribution in [-0.4, -0.2) is 25.6 Å². The summed E-state index contributed by atoms with van der Waals surface area (Å²) in [5.41, 5.74) is 2.46. The number of hydrogen-bond donors (Lipinski definition) is 1. The average Bonchev–Trinajstić information content (AvgIpc) is 2.65. The second kappa shape index (κ2) is 9.21. The lowest BCUT2D eigenvalue weighted by Gasteiger charge is -2.19. The van der Waals surface area contributed by atoms with Gasteiger partial charge in [-0.2, -0.15) is 0 Å². The molecule has 2 aromatic rings. The fraction of sp³-hybridized carbons (Fsp3) is 0.364. The Kier molecular flexibility index (Phi) is 6.99. The molecule has 0 atom stereocenters. The molecular formula is C22H27NO4. The van der Waals surface area contributed by atoms with E-state index in [1.54, 1.807) is 24.3 Å². The van der Waals surface area contributed by atoms with Gasteiger partial charge in [0.1, 0.15) is 5.75 Å². The number of carbonyl (C=O) groups excluding carboxylic acids is 2. The van der Waals surface area contributed by atoms with E-state index in [-0.39, 0.29) is 11.3 Å². The van der Waals surface area contributed by atoms with E-state index >= 15 is 0 Å². The molecule has 5 heteroatoms. The second-order valence-corrected chi connectivity index (χ2v) is 7.34. The Morgan fingerprint density at radius 3 is 2.15 bits per heavy atom. The maximum absolute atomic E-state index is 12.0. The highest BCUT2D eigenvalue weighted by Gasteiger charge is 2.13. The first kappa shape index (κ1) is 20.5. The zero-order valence-electron chi connectivity index (χ0n) is 16.4. The summed E-state index contributed by atoms with van der Waals surface area (Å²) in [6.07, 6.45) is 0.978. The van der Waals surface area contributed by atoms with Crippen LogP contribution in [0.1, 0.15) is 49.5 Å². The number of hydrogen-bond acceptors (Lipinski definition) is 4. The lowest BCUT2D eigenvalue weighted by Crippen LogP contribution is -2.13. The third-order valence-corrected chi connectivity index (χ3v) is 4.13. The third-order valence-electron chi connectivity index (χ3n) is 4.13. The predicted octanol–water partition coefficient (Wildman–Crippen LogP) is 4.57. The SMILES string of the molecule is COC(=O)c1ccc(NC(=O)CCCOc2ccc(C(C)(C)C)cc2)cc1. The van der Waals surface area contributed by atoms with Gasteiger partial charge in [0.2, 0.25) is 5.91 Å². The topological polar surface area (TPSA) is 64.6 Å². The van der Waals surface area contributed by atoms with Gasteiger partial charge in [0.15, 0.2) is 0 Å². The smallest absolute Gasteiger partial charge is 0.337 e. The average molecular weight is 369 g/mol. The molecule has 2 aromatic carbocycles. The Labute approximate surface area is 160 Å². The van der Waals surface area contributed by atoms with Crippen molar-refractivity contribution >= 4 is 17.6 Å². The van der Waals surface area contributed by atoms with Crippen molar-refractivity contribution in [3.8, 4) is 5.75 Å². The molecule has 1 N–H and O–H groups in total. The van der Waals surface area contributed by atoms with Crippen LogP contribution in [-0.2, 0) is 14.9 Å². The minimum Gasteiger partial charge on any atom is -0.494 e. The van der Waals surface area contributed by atoms with Crippen LogP contribution in [0.25, 0.3) is 0 Å². The summed E-state index contributed by atoms with van der Waals surface area (Å²) in [7, 11) is 1.33. The molecule has 0 aliphatic heterocycles. The van der Waals surface area contributed by atoms with Crippen molar-refractivity contribution in [1.29, 1.82) is 0 Å². The molecule has 27 heavy (non-hydrogen) atoms. The second-order valence-electron chi connectivity index (χ2n) is 7.34. The van der Waals surface area contributed by atoms with E-state index in [1.807, 2.05) is 12.1 Å². The Morgan fingerprint density at radius 1 is 0.963 bits per heavy atom. The van der Waals surface area contributed by atoms with Crippen LogP contribution in [0.3, 0.4) is 0 Å². The summed E-state index contributed by atoms with van der Waals surface area (Å²) < 4.78 is 10.3. The molecule has 2 rings (SSSR count). The van der Waals surface area contributed by atoms with E-state index in [4.69, 9.17) is 4.74 Å². The maximum Gasteiger partial charge on any atom is 0.337 e. The van der Waals surface area contributed by atoms with Crippen molar-refractivity contribution in [3.05, 3.63) is 59.7 Å². The van der Waals surface area contributed by atoms with Gasteiger partial charge in [0, 0.05) is 12.1 Å². The highest BCUT2D eigenvalue weighted by molar-refractivity contribution is 5.93. The standard InChI is InChI=1S/C22H27NO4/c1-22(2,3)17-9-13-19(14-10-17)27-15-5-6-20(24)23-18-11-7-16(8-12-18)21(25)26-4/h7-14H,5-6,15H2,1-4H3,(H,23,24). The van der Waals surface area contributed by atoms with E-state index in [0.717, 1.165) is 5.75 Å². The van der Waals surface area contributed by atoms with Crippen LogP contribution < -0.4 is 10.1 Å². The first-order chi connectivity index (χ1) is 12.8. The number of ether oxygens (including phenoxy) is 2. The Morgan fingerprint density at radius 2 is 1.59 bits per heavy atom. The lowest BCUT2D eigenvalue weighted by atomic mass is 9.87. The number of rotatable bonds is 7. The van der Waals surface area contributed by atoms with Gasteiger partial charge >= 0.3 is 5.97 Å². The zero-order valence-corrected chi connectivity index (χ0v) is 16.4. The van der Waals surface area contributed by atoms with Crippen LogP contribution in [0.5, 0.6) is 5.75 Å². The van der Waals surface area contributed by atoms with Crippen molar-refractivity contribution < 1.29 is 19.1 Å². The molecule has 0 saturated heterocycles. The van der Waals surface area contributed by atoms with E-state index in [1.165, 1.54) is 12.7 Å². The van der Waals surface area contributed by atoms with Gasteiger partial charge in [-0.1, -0.05) is 32.9 Å². The predicted molar refractivity (Wildman–Crippen MR) is 106 cm³/mol. The minimum atomic E-state index is -0.402. The summed E-state index contributed by atoms with van der Waals surface area (Å²) >= 11 is 0. The summed E-state index contributed by atoms with van der Waals surface area (Å²) in [5, 5.41) is 2.80. The molecule has 0 unspecified atom stereocenters. The van der Waals surface area contributed by atoms with Gasteiger partial charge in [-0.15, -0.1) is 0 Å². The molecule has 0 heterocycles. The Bertz CT molecular complexity index is 758. The summed E-state index contributed by atoms with van der Waals surface area (Å²) in [6, 6.07) is 14.7. The van der Waals surface area contributed by atoms with E-state index in [0.29, 0.717) is 30.7 Å². The fourth-order valence-corrected chi connectivity index (χ4v) is 2.50. The third kappa shape index (κ3) is 6.44. The molecule has 5 nitrogen and oxygen atoms in total. The number of anilines is 1. The molecule has 0 saturated carbocycles. The molecule has 0 aromatic heterocycles. The lowest BCUT2D eigenvalue weighted by molar-refractivity contribution is -0.116. The molecule has 0 radical (unpaired) electrons. The first-order valence-corrected chi connectivity index (χ1v) is 9.01. The van der Waals surface area contributed by atoms with Gasteiger partial charge in [-0.05, 0) is 53.8 Å². The van der Waals surface area contributed by atoms with Crippen LogP contribution in [0.15, 0.2) is 48.5 Å². The van der Waals surface area contributed by atoms with Gasteiger partial charge in [-0.25, -0.2) is 4.79 Å². The molecule has 0 fully saturated rings. The van der Waals surface area contributed by atoms with E-state index in [9.17, 15) is 9.59 Å². The highest BCUT2D eigenvalue weighted by atomic mass is 16.5.